The van der Waals surface area contributed by atoms with Crippen LogP contribution in [-0.4, -0.2) is 54.6 Å². The first-order valence-corrected chi connectivity index (χ1v) is 7.46. The van der Waals surface area contributed by atoms with Crippen LogP contribution in [-0.2, 0) is 0 Å². The van der Waals surface area contributed by atoms with E-state index in [-0.39, 0.29) is 0 Å². The molecule has 2 aliphatic rings. The van der Waals surface area contributed by atoms with E-state index in [1.807, 2.05) is 0 Å². The van der Waals surface area contributed by atoms with Crippen LogP contribution in [0.1, 0.15) is 39.5 Å². The van der Waals surface area contributed by atoms with Crippen LogP contribution < -0.4 is 5.73 Å². The molecule has 2 heterocycles. The van der Waals surface area contributed by atoms with Crippen molar-refractivity contribution in [3.63, 3.8) is 0 Å². The van der Waals surface area contributed by atoms with Gasteiger partial charge in [-0.25, -0.2) is 0 Å². The van der Waals surface area contributed by atoms with E-state index in [1.165, 1.54) is 58.4 Å². The first-order chi connectivity index (χ1) is 8.24. The number of rotatable bonds is 3. The summed E-state index contributed by atoms with van der Waals surface area (Å²) in [4.78, 5) is 5.30. The second-order valence-corrected chi connectivity index (χ2v) is 5.78. The summed E-state index contributed by atoms with van der Waals surface area (Å²) in [6.45, 7) is 10.8. The first kappa shape index (κ1) is 13.3. The Bertz CT molecular complexity index is 224. The molecule has 2 aliphatic heterocycles. The lowest BCUT2D eigenvalue weighted by Gasteiger charge is -2.44. The molecule has 100 valence electrons. The predicted octanol–water partition coefficient (Wildman–Crippen LogP) is 1.53. The molecule has 2 rings (SSSR count). The zero-order chi connectivity index (χ0) is 12.3. The van der Waals surface area contributed by atoms with E-state index < -0.39 is 0 Å². The van der Waals surface area contributed by atoms with Gasteiger partial charge in [-0.1, -0.05) is 20.3 Å². The van der Waals surface area contributed by atoms with Gasteiger partial charge in [-0.15, -0.1) is 0 Å². The molecule has 2 saturated heterocycles. The summed E-state index contributed by atoms with van der Waals surface area (Å²) in [5, 5.41) is 0. The van der Waals surface area contributed by atoms with Gasteiger partial charge in [-0.05, 0) is 51.4 Å². The van der Waals surface area contributed by atoms with Gasteiger partial charge < -0.3 is 10.6 Å². The third kappa shape index (κ3) is 3.21. The fourth-order valence-electron chi connectivity index (χ4n) is 3.44. The van der Waals surface area contributed by atoms with Crippen molar-refractivity contribution < 1.29 is 0 Å². The molecule has 0 spiro atoms. The SMILES string of the molecule is CCC1CN(C2CCN(CC)CC2)CCC1N. The zero-order valence-electron chi connectivity index (χ0n) is 11.6. The van der Waals surface area contributed by atoms with Crippen LogP contribution in [0.2, 0.25) is 0 Å². The molecular weight excluding hydrogens is 210 g/mol. The highest BCUT2D eigenvalue weighted by Crippen LogP contribution is 2.24. The summed E-state index contributed by atoms with van der Waals surface area (Å²) < 4.78 is 0. The van der Waals surface area contributed by atoms with Crippen molar-refractivity contribution in [1.29, 1.82) is 0 Å². The highest BCUT2D eigenvalue weighted by Gasteiger charge is 2.31. The van der Waals surface area contributed by atoms with Gasteiger partial charge in [0, 0.05) is 18.6 Å². The molecule has 0 bridgehead atoms. The van der Waals surface area contributed by atoms with Crippen molar-refractivity contribution in [2.75, 3.05) is 32.7 Å². The Hall–Kier alpha value is -0.120. The number of hydrogen-bond acceptors (Lipinski definition) is 3. The van der Waals surface area contributed by atoms with Gasteiger partial charge in [0.25, 0.3) is 0 Å². The summed E-state index contributed by atoms with van der Waals surface area (Å²) in [5.41, 5.74) is 6.19. The molecule has 2 N–H and O–H groups in total. The molecule has 2 fully saturated rings. The Balaban J connectivity index is 1.83. The Morgan fingerprint density at radius 1 is 1.06 bits per heavy atom. The molecule has 0 aromatic carbocycles. The molecule has 0 radical (unpaired) electrons. The number of likely N-dealkylation sites (tertiary alicyclic amines) is 2. The third-order valence-corrected chi connectivity index (χ3v) is 4.87. The van der Waals surface area contributed by atoms with Crippen molar-refractivity contribution in [3.05, 3.63) is 0 Å². The van der Waals surface area contributed by atoms with Gasteiger partial charge in [-0.3, -0.25) is 4.90 Å². The van der Waals surface area contributed by atoms with Crippen molar-refractivity contribution in [3.8, 4) is 0 Å². The van der Waals surface area contributed by atoms with Crippen LogP contribution in [0.15, 0.2) is 0 Å². The van der Waals surface area contributed by atoms with Gasteiger partial charge in [0.05, 0.1) is 0 Å². The summed E-state index contributed by atoms with van der Waals surface area (Å²) in [5.74, 6) is 0.730. The fourth-order valence-corrected chi connectivity index (χ4v) is 3.44. The lowest BCUT2D eigenvalue weighted by atomic mass is 9.88. The summed E-state index contributed by atoms with van der Waals surface area (Å²) in [6, 6.07) is 1.28. The molecular formula is C14H29N3. The van der Waals surface area contributed by atoms with Gasteiger partial charge in [0.2, 0.25) is 0 Å². The first-order valence-electron chi connectivity index (χ1n) is 7.46. The summed E-state index contributed by atoms with van der Waals surface area (Å²) >= 11 is 0. The molecule has 0 aromatic rings. The van der Waals surface area contributed by atoms with E-state index in [0.717, 1.165) is 12.0 Å². The monoisotopic (exact) mass is 239 g/mol. The maximum Gasteiger partial charge on any atom is 0.0120 e. The van der Waals surface area contributed by atoms with E-state index in [1.54, 1.807) is 0 Å². The van der Waals surface area contributed by atoms with E-state index in [4.69, 9.17) is 5.73 Å². The second kappa shape index (κ2) is 6.17. The smallest absolute Gasteiger partial charge is 0.0120 e. The second-order valence-electron chi connectivity index (χ2n) is 5.78. The Morgan fingerprint density at radius 2 is 1.76 bits per heavy atom. The van der Waals surface area contributed by atoms with Crippen molar-refractivity contribution >= 4 is 0 Å². The topological polar surface area (TPSA) is 32.5 Å². The largest absolute Gasteiger partial charge is 0.327 e. The lowest BCUT2D eigenvalue weighted by molar-refractivity contribution is 0.0641. The normalized spacial score (nSPS) is 34.1. The molecule has 0 aliphatic carbocycles. The Morgan fingerprint density at radius 3 is 2.35 bits per heavy atom. The molecule has 0 amide bonds. The van der Waals surface area contributed by atoms with E-state index >= 15 is 0 Å². The third-order valence-electron chi connectivity index (χ3n) is 4.87. The molecule has 17 heavy (non-hydrogen) atoms. The molecule has 3 heteroatoms. The number of piperidine rings is 2. The van der Waals surface area contributed by atoms with Gasteiger partial charge >= 0.3 is 0 Å². The summed E-state index contributed by atoms with van der Waals surface area (Å²) in [6.07, 6.45) is 5.16. The number of nitrogens with two attached hydrogens (primary N) is 1. The van der Waals surface area contributed by atoms with Gasteiger partial charge in [0.15, 0.2) is 0 Å². The zero-order valence-corrected chi connectivity index (χ0v) is 11.6. The van der Waals surface area contributed by atoms with Crippen LogP contribution in [0.4, 0.5) is 0 Å². The minimum Gasteiger partial charge on any atom is -0.327 e. The molecule has 0 aromatic heterocycles. The standard InChI is InChI=1S/C14H29N3/c1-3-12-11-17(10-7-14(12)15)13-5-8-16(4-2)9-6-13/h12-14H,3-11,15H2,1-2H3. The number of hydrogen-bond donors (Lipinski definition) is 1. The van der Waals surface area contributed by atoms with E-state index in [2.05, 4.69) is 23.6 Å². The highest BCUT2D eigenvalue weighted by atomic mass is 15.2. The summed E-state index contributed by atoms with van der Waals surface area (Å²) in [7, 11) is 0. The van der Waals surface area contributed by atoms with Crippen LogP contribution in [0.3, 0.4) is 0 Å². The minimum atomic E-state index is 0.451. The number of nitrogens with zero attached hydrogens (tertiary/aromatic N) is 2. The predicted molar refractivity (Wildman–Crippen MR) is 73.1 cm³/mol. The lowest BCUT2D eigenvalue weighted by Crippen LogP contribution is -2.53. The molecule has 3 nitrogen and oxygen atoms in total. The van der Waals surface area contributed by atoms with E-state index in [9.17, 15) is 0 Å². The van der Waals surface area contributed by atoms with Gasteiger partial charge in [0.1, 0.15) is 0 Å². The van der Waals surface area contributed by atoms with Crippen molar-refractivity contribution in [1.82, 2.24) is 9.80 Å². The Kier molecular flexibility index (Phi) is 4.83. The van der Waals surface area contributed by atoms with Crippen LogP contribution in [0.5, 0.6) is 0 Å². The highest BCUT2D eigenvalue weighted by molar-refractivity contribution is 4.87. The average Bonchev–Trinajstić information content (AvgIpc) is 2.39. The quantitative estimate of drug-likeness (QED) is 0.811. The maximum atomic E-state index is 6.19. The molecule has 2 unspecified atom stereocenters. The van der Waals surface area contributed by atoms with Gasteiger partial charge in [-0.2, -0.15) is 0 Å². The molecule has 2 atom stereocenters. The Labute approximate surface area is 106 Å². The van der Waals surface area contributed by atoms with Crippen molar-refractivity contribution in [2.45, 2.75) is 51.6 Å². The van der Waals surface area contributed by atoms with Crippen molar-refractivity contribution in [2.24, 2.45) is 11.7 Å². The average molecular weight is 239 g/mol. The van der Waals surface area contributed by atoms with Crippen LogP contribution in [0.25, 0.3) is 0 Å². The van der Waals surface area contributed by atoms with Crippen LogP contribution in [0, 0.1) is 5.92 Å². The minimum absolute atomic E-state index is 0.451. The fraction of sp³-hybridized carbons (Fsp3) is 1.00. The molecule has 0 saturated carbocycles. The maximum absolute atomic E-state index is 6.19. The van der Waals surface area contributed by atoms with E-state index in [0.29, 0.717) is 6.04 Å². The van der Waals surface area contributed by atoms with Crippen LogP contribution >= 0.6 is 0 Å².